The van der Waals surface area contributed by atoms with Crippen molar-refractivity contribution in [2.75, 3.05) is 32.2 Å². The molecule has 0 aliphatic carbocycles. The van der Waals surface area contributed by atoms with Gasteiger partial charge < -0.3 is 30.5 Å². The van der Waals surface area contributed by atoms with E-state index in [1.165, 1.54) is 4.90 Å². The predicted octanol–water partition coefficient (Wildman–Crippen LogP) is 2.76. The summed E-state index contributed by atoms with van der Waals surface area (Å²) in [6, 6.07) is 12.3. The molecule has 0 bridgehead atoms. The first-order valence-corrected chi connectivity index (χ1v) is 10.8. The number of methoxy groups -OCH3 is 1. The number of carbonyl (C=O) groups is 2. The fraction of sp³-hybridized carbons (Fsp3) is 0.292. The number of benzene rings is 2. The molecule has 0 radical (unpaired) electrons. The molecule has 0 aliphatic heterocycles. The van der Waals surface area contributed by atoms with Crippen LogP contribution < -0.4 is 20.5 Å². The van der Waals surface area contributed by atoms with Crippen LogP contribution in [-0.4, -0.2) is 59.0 Å². The molecule has 0 fully saturated rings. The minimum absolute atomic E-state index is 0.00938. The first-order valence-electron chi connectivity index (χ1n) is 10.8. The number of nitrogens with zero attached hydrogens (tertiary/aromatic N) is 2. The van der Waals surface area contributed by atoms with Gasteiger partial charge in [0.25, 0.3) is 0 Å². The molecular formula is C24H29N5O5. The van der Waals surface area contributed by atoms with Gasteiger partial charge in [-0.15, -0.1) is 0 Å². The van der Waals surface area contributed by atoms with Crippen LogP contribution in [0.3, 0.4) is 0 Å². The highest BCUT2D eigenvalue weighted by Gasteiger charge is 2.18. The summed E-state index contributed by atoms with van der Waals surface area (Å²) >= 11 is 0. The maximum atomic E-state index is 13.2. The number of carbonyl (C=O) groups excluding carboxylic acids is 2. The minimum Gasteiger partial charge on any atom is -0.497 e. The molecular weight excluding hydrogens is 438 g/mol. The summed E-state index contributed by atoms with van der Waals surface area (Å²) in [6.07, 6.45) is 3.91. The van der Waals surface area contributed by atoms with E-state index in [-0.39, 0.29) is 32.7 Å². The van der Waals surface area contributed by atoms with Crippen LogP contribution >= 0.6 is 0 Å². The van der Waals surface area contributed by atoms with Crippen LogP contribution in [0.2, 0.25) is 0 Å². The Morgan fingerprint density at radius 3 is 2.76 bits per heavy atom. The Kier molecular flexibility index (Phi) is 8.87. The lowest BCUT2D eigenvalue weighted by atomic mass is 10.1. The number of hydrogen-bond donors (Lipinski definition) is 4. The molecule has 34 heavy (non-hydrogen) atoms. The maximum absolute atomic E-state index is 13.2. The van der Waals surface area contributed by atoms with E-state index in [2.05, 4.69) is 15.5 Å². The summed E-state index contributed by atoms with van der Waals surface area (Å²) in [6.45, 7) is 0.671. The number of aromatic nitrogens is 2. The number of primary amides is 1. The van der Waals surface area contributed by atoms with E-state index in [9.17, 15) is 9.59 Å². The SMILES string of the molecule is COc1cccc(CN(CCC(N)=O)C(=O)Nc2ccc(-c3cn[nH]c3)cc2OCCCO)c1. The number of aliphatic hydroxyl groups excluding tert-OH is 1. The third-order valence-corrected chi connectivity index (χ3v) is 5.04. The zero-order chi connectivity index (χ0) is 24.3. The van der Waals surface area contributed by atoms with Crippen molar-refractivity contribution < 1.29 is 24.2 Å². The number of aromatic amines is 1. The number of nitrogens with one attached hydrogen (secondary N) is 2. The van der Waals surface area contributed by atoms with Crippen LogP contribution in [0.4, 0.5) is 10.5 Å². The fourth-order valence-corrected chi connectivity index (χ4v) is 3.26. The van der Waals surface area contributed by atoms with Gasteiger partial charge in [0.15, 0.2) is 0 Å². The highest BCUT2D eigenvalue weighted by Crippen LogP contribution is 2.31. The van der Waals surface area contributed by atoms with Crippen molar-refractivity contribution in [3.05, 3.63) is 60.4 Å². The molecule has 3 aromatic rings. The Bertz CT molecular complexity index is 1090. The molecule has 5 N–H and O–H groups in total. The number of ether oxygens (including phenoxy) is 2. The van der Waals surface area contributed by atoms with E-state index in [4.69, 9.17) is 20.3 Å². The minimum atomic E-state index is -0.499. The van der Waals surface area contributed by atoms with E-state index in [1.807, 2.05) is 30.3 Å². The molecule has 1 aromatic heterocycles. The number of nitrogens with two attached hydrogens (primary N) is 1. The molecule has 0 unspecified atom stereocenters. The molecule has 0 saturated carbocycles. The zero-order valence-electron chi connectivity index (χ0n) is 19.0. The van der Waals surface area contributed by atoms with E-state index < -0.39 is 11.9 Å². The van der Waals surface area contributed by atoms with Gasteiger partial charge in [0.05, 0.1) is 25.6 Å². The Hall–Kier alpha value is -4.05. The van der Waals surface area contributed by atoms with E-state index in [1.54, 1.807) is 31.6 Å². The molecule has 10 heteroatoms. The van der Waals surface area contributed by atoms with E-state index >= 15 is 0 Å². The third kappa shape index (κ3) is 6.97. The maximum Gasteiger partial charge on any atom is 0.322 e. The van der Waals surface area contributed by atoms with Gasteiger partial charge in [-0.3, -0.25) is 9.89 Å². The number of H-pyrrole nitrogens is 1. The lowest BCUT2D eigenvalue weighted by molar-refractivity contribution is -0.118. The molecule has 2 aromatic carbocycles. The average Bonchev–Trinajstić information content (AvgIpc) is 3.38. The average molecular weight is 468 g/mol. The van der Waals surface area contributed by atoms with Crippen LogP contribution in [0.15, 0.2) is 54.9 Å². The Morgan fingerprint density at radius 1 is 1.21 bits per heavy atom. The molecule has 0 atom stereocenters. The number of hydrogen-bond acceptors (Lipinski definition) is 6. The highest BCUT2D eigenvalue weighted by atomic mass is 16.5. The lowest BCUT2D eigenvalue weighted by Gasteiger charge is -2.24. The third-order valence-electron chi connectivity index (χ3n) is 5.04. The predicted molar refractivity (Wildman–Crippen MR) is 127 cm³/mol. The number of anilines is 1. The summed E-state index contributed by atoms with van der Waals surface area (Å²) in [5, 5.41) is 18.7. The quantitative estimate of drug-likeness (QED) is 0.302. The standard InChI is InChI=1S/C24H29N5O5/c1-33-20-5-2-4-17(12-20)16-29(9-8-23(25)31)24(32)28-21-7-6-18(19-14-26-27-15-19)13-22(21)34-11-3-10-30/h2,4-7,12-15,30H,3,8-11,16H2,1H3,(H2,25,31)(H,26,27)(H,28,32). The van der Waals surface area contributed by atoms with Crippen LogP contribution in [0.25, 0.3) is 11.1 Å². The summed E-state index contributed by atoms with van der Waals surface area (Å²) in [4.78, 5) is 26.1. The van der Waals surface area contributed by atoms with Gasteiger partial charge in [-0.05, 0) is 35.4 Å². The number of amides is 3. The summed E-state index contributed by atoms with van der Waals surface area (Å²) in [5.74, 6) is 0.625. The van der Waals surface area contributed by atoms with Gasteiger partial charge in [-0.1, -0.05) is 18.2 Å². The fourth-order valence-electron chi connectivity index (χ4n) is 3.26. The van der Waals surface area contributed by atoms with Gasteiger partial charge in [-0.2, -0.15) is 5.10 Å². The normalized spacial score (nSPS) is 10.5. The van der Waals surface area contributed by atoms with Crippen molar-refractivity contribution >= 4 is 17.6 Å². The molecule has 3 amide bonds. The second-order valence-corrected chi connectivity index (χ2v) is 7.54. The van der Waals surface area contributed by atoms with Crippen LogP contribution in [0.5, 0.6) is 11.5 Å². The van der Waals surface area contributed by atoms with Crippen molar-refractivity contribution in [3.8, 4) is 22.6 Å². The number of rotatable bonds is 12. The second-order valence-electron chi connectivity index (χ2n) is 7.54. The van der Waals surface area contributed by atoms with E-state index in [0.29, 0.717) is 23.6 Å². The molecule has 180 valence electrons. The van der Waals surface area contributed by atoms with Gasteiger partial charge in [0.2, 0.25) is 5.91 Å². The van der Waals surface area contributed by atoms with Crippen LogP contribution in [0.1, 0.15) is 18.4 Å². The number of urea groups is 1. The van der Waals surface area contributed by atoms with Crippen molar-refractivity contribution in [2.24, 2.45) is 5.73 Å². The number of aliphatic hydroxyl groups is 1. The van der Waals surface area contributed by atoms with Crippen molar-refractivity contribution in [2.45, 2.75) is 19.4 Å². The summed E-state index contributed by atoms with van der Waals surface area (Å²) < 4.78 is 11.1. The molecule has 3 rings (SSSR count). The van der Waals surface area contributed by atoms with Gasteiger partial charge in [0, 0.05) is 44.3 Å². The topological polar surface area (TPSA) is 143 Å². The molecule has 0 saturated heterocycles. The lowest BCUT2D eigenvalue weighted by Crippen LogP contribution is -2.37. The smallest absolute Gasteiger partial charge is 0.322 e. The first-order chi connectivity index (χ1) is 16.5. The van der Waals surface area contributed by atoms with Crippen LogP contribution in [-0.2, 0) is 11.3 Å². The van der Waals surface area contributed by atoms with Crippen molar-refractivity contribution in [3.63, 3.8) is 0 Å². The van der Waals surface area contributed by atoms with Crippen molar-refractivity contribution in [1.29, 1.82) is 0 Å². The highest BCUT2D eigenvalue weighted by molar-refractivity contribution is 5.92. The second kappa shape index (κ2) is 12.3. The molecule has 10 nitrogen and oxygen atoms in total. The first kappa shape index (κ1) is 24.6. The van der Waals surface area contributed by atoms with E-state index in [0.717, 1.165) is 16.7 Å². The van der Waals surface area contributed by atoms with Gasteiger partial charge >= 0.3 is 6.03 Å². The van der Waals surface area contributed by atoms with Gasteiger partial charge in [-0.25, -0.2) is 4.79 Å². The zero-order valence-corrected chi connectivity index (χ0v) is 19.0. The molecule has 0 aliphatic rings. The Morgan fingerprint density at radius 2 is 2.06 bits per heavy atom. The Labute approximate surface area is 197 Å². The van der Waals surface area contributed by atoms with Crippen LogP contribution in [0, 0.1) is 0 Å². The largest absolute Gasteiger partial charge is 0.497 e. The Balaban J connectivity index is 1.82. The van der Waals surface area contributed by atoms with Crippen molar-refractivity contribution in [1.82, 2.24) is 15.1 Å². The molecule has 1 heterocycles. The van der Waals surface area contributed by atoms with Gasteiger partial charge in [0.1, 0.15) is 11.5 Å². The summed E-state index contributed by atoms with van der Waals surface area (Å²) in [7, 11) is 1.57. The summed E-state index contributed by atoms with van der Waals surface area (Å²) in [5.41, 5.74) is 8.35. The monoisotopic (exact) mass is 467 g/mol. The molecule has 0 spiro atoms.